The van der Waals surface area contributed by atoms with Crippen molar-refractivity contribution in [2.45, 2.75) is 33.2 Å². The minimum Gasteiger partial charge on any atom is -0.350 e. The number of carbonyl (C=O) groups is 2. The second-order valence-electron chi connectivity index (χ2n) is 5.68. The van der Waals surface area contributed by atoms with Crippen LogP contribution >= 0.6 is 0 Å². The molecule has 0 saturated carbocycles. The highest BCUT2D eigenvalue weighted by Crippen LogP contribution is 2.12. The van der Waals surface area contributed by atoms with E-state index in [0.29, 0.717) is 11.1 Å². The van der Waals surface area contributed by atoms with E-state index in [-0.39, 0.29) is 17.9 Å². The number of amides is 2. The van der Waals surface area contributed by atoms with Crippen molar-refractivity contribution in [3.63, 3.8) is 0 Å². The number of nitrogens with one attached hydrogen (secondary N) is 2. The number of rotatable bonds is 5. The summed E-state index contributed by atoms with van der Waals surface area (Å²) in [6.45, 7) is 5.97. The van der Waals surface area contributed by atoms with Gasteiger partial charge in [-0.2, -0.15) is 0 Å². The molecule has 0 bridgehead atoms. The van der Waals surface area contributed by atoms with Crippen LogP contribution in [0.25, 0.3) is 0 Å². The van der Waals surface area contributed by atoms with E-state index in [2.05, 4.69) is 10.6 Å². The molecule has 23 heavy (non-hydrogen) atoms. The highest BCUT2D eigenvalue weighted by Gasteiger charge is 2.10. The maximum atomic E-state index is 12.2. The van der Waals surface area contributed by atoms with Gasteiger partial charge in [0.15, 0.2) is 0 Å². The first-order chi connectivity index (χ1) is 11.0. The summed E-state index contributed by atoms with van der Waals surface area (Å²) < 4.78 is 0. The van der Waals surface area contributed by atoms with Gasteiger partial charge < -0.3 is 10.6 Å². The van der Waals surface area contributed by atoms with E-state index in [1.165, 1.54) is 0 Å². The third-order valence-corrected chi connectivity index (χ3v) is 3.71. The van der Waals surface area contributed by atoms with Gasteiger partial charge in [-0.15, -0.1) is 0 Å². The zero-order valence-electron chi connectivity index (χ0n) is 13.7. The smallest absolute Gasteiger partial charge is 0.255 e. The van der Waals surface area contributed by atoms with Crippen LogP contribution < -0.4 is 10.6 Å². The molecule has 0 saturated heterocycles. The standard InChI is InChI=1S/C19H22N2O2/c1-4-14(3)20-18(22)15-7-9-16(10-8-15)19(23)21-17-11-5-13(2)6-12-17/h5-12,14H,4H2,1-3H3,(H,20,22)(H,21,23). The summed E-state index contributed by atoms with van der Waals surface area (Å²) >= 11 is 0. The lowest BCUT2D eigenvalue weighted by Gasteiger charge is -2.11. The molecule has 1 unspecified atom stereocenters. The van der Waals surface area contributed by atoms with Gasteiger partial charge in [0.2, 0.25) is 0 Å². The van der Waals surface area contributed by atoms with Gasteiger partial charge in [0, 0.05) is 22.9 Å². The molecule has 1 atom stereocenters. The number of aryl methyl sites for hydroxylation is 1. The second-order valence-corrected chi connectivity index (χ2v) is 5.68. The first-order valence-electron chi connectivity index (χ1n) is 7.78. The summed E-state index contributed by atoms with van der Waals surface area (Å²) in [6.07, 6.45) is 0.878. The van der Waals surface area contributed by atoms with Crippen molar-refractivity contribution >= 4 is 17.5 Å². The number of hydrogen-bond donors (Lipinski definition) is 2. The molecular formula is C19H22N2O2. The minimum absolute atomic E-state index is 0.121. The summed E-state index contributed by atoms with van der Waals surface area (Å²) in [6, 6.07) is 14.4. The fourth-order valence-electron chi connectivity index (χ4n) is 2.02. The van der Waals surface area contributed by atoms with Gasteiger partial charge in [-0.3, -0.25) is 9.59 Å². The van der Waals surface area contributed by atoms with Gasteiger partial charge in [-0.25, -0.2) is 0 Å². The number of anilines is 1. The van der Waals surface area contributed by atoms with Gasteiger partial charge in [-0.05, 0) is 56.7 Å². The van der Waals surface area contributed by atoms with Crippen molar-refractivity contribution in [1.82, 2.24) is 5.32 Å². The molecule has 2 N–H and O–H groups in total. The number of hydrogen-bond acceptors (Lipinski definition) is 2. The van der Waals surface area contributed by atoms with E-state index in [9.17, 15) is 9.59 Å². The summed E-state index contributed by atoms with van der Waals surface area (Å²) in [7, 11) is 0. The molecule has 2 rings (SSSR count). The van der Waals surface area contributed by atoms with Crippen LogP contribution in [0.3, 0.4) is 0 Å². The molecule has 4 heteroatoms. The molecule has 2 amide bonds. The van der Waals surface area contributed by atoms with E-state index in [1.807, 2.05) is 45.0 Å². The summed E-state index contributed by atoms with van der Waals surface area (Å²) in [5.41, 5.74) is 2.96. The van der Waals surface area contributed by atoms with Crippen LogP contribution in [0.2, 0.25) is 0 Å². The van der Waals surface area contributed by atoms with Crippen molar-refractivity contribution in [3.05, 3.63) is 65.2 Å². The predicted molar refractivity (Wildman–Crippen MR) is 92.8 cm³/mol. The average Bonchev–Trinajstić information content (AvgIpc) is 2.56. The van der Waals surface area contributed by atoms with E-state index in [0.717, 1.165) is 17.7 Å². The van der Waals surface area contributed by atoms with Crippen molar-refractivity contribution < 1.29 is 9.59 Å². The SMILES string of the molecule is CCC(C)NC(=O)c1ccc(C(=O)Nc2ccc(C)cc2)cc1. The van der Waals surface area contributed by atoms with E-state index >= 15 is 0 Å². The lowest BCUT2D eigenvalue weighted by atomic mass is 10.1. The molecule has 0 aliphatic heterocycles. The van der Waals surface area contributed by atoms with Gasteiger partial charge in [0.25, 0.3) is 11.8 Å². The summed E-state index contributed by atoms with van der Waals surface area (Å²) in [5.74, 6) is -0.312. The summed E-state index contributed by atoms with van der Waals surface area (Å²) in [4.78, 5) is 24.2. The highest BCUT2D eigenvalue weighted by molar-refractivity contribution is 6.05. The van der Waals surface area contributed by atoms with Gasteiger partial charge >= 0.3 is 0 Å². The zero-order chi connectivity index (χ0) is 16.8. The Labute approximate surface area is 136 Å². The molecule has 0 fully saturated rings. The van der Waals surface area contributed by atoms with Crippen molar-refractivity contribution in [2.75, 3.05) is 5.32 Å². The molecule has 0 radical (unpaired) electrons. The first kappa shape index (κ1) is 16.7. The Morgan fingerprint density at radius 1 is 0.913 bits per heavy atom. The highest BCUT2D eigenvalue weighted by atomic mass is 16.2. The molecule has 0 spiro atoms. The molecule has 4 nitrogen and oxygen atoms in total. The number of carbonyl (C=O) groups excluding carboxylic acids is 2. The Hall–Kier alpha value is -2.62. The second kappa shape index (κ2) is 7.58. The average molecular weight is 310 g/mol. The van der Waals surface area contributed by atoms with Gasteiger partial charge in [0.1, 0.15) is 0 Å². The fraction of sp³-hybridized carbons (Fsp3) is 0.263. The van der Waals surface area contributed by atoms with Crippen LogP contribution in [-0.2, 0) is 0 Å². The van der Waals surface area contributed by atoms with Crippen molar-refractivity contribution in [3.8, 4) is 0 Å². The van der Waals surface area contributed by atoms with Crippen LogP contribution in [0.1, 0.15) is 46.5 Å². The van der Waals surface area contributed by atoms with Crippen LogP contribution in [0.15, 0.2) is 48.5 Å². The summed E-state index contributed by atoms with van der Waals surface area (Å²) in [5, 5.41) is 5.74. The normalized spacial score (nSPS) is 11.6. The molecule has 0 aliphatic carbocycles. The van der Waals surface area contributed by atoms with E-state index in [4.69, 9.17) is 0 Å². The predicted octanol–water partition coefficient (Wildman–Crippen LogP) is 3.78. The molecule has 2 aromatic carbocycles. The van der Waals surface area contributed by atoms with E-state index in [1.54, 1.807) is 24.3 Å². The lowest BCUT2D eigenvalue weighted by molar-refractivity contribution is 0.0937. The Balaban J connectivity index is 2.02. The molecule has 120 valence electrons. The largest absolute Gasteiger partial charge is 0.350 e. The van der Waals surface area contributed by atoms with Gasteiger partial charge in [-0.1, -0.05) is 24.6 Å². The Morgan fingerprint density at radius 3 is 1.96 bits per heavy atom. The maximum absolute atomic E-state index is 12.2. The lowest BCUT2D eigenvalue weighted by Crippen LogP contribution is -2.31. The number of benzene rings is 2. The van der Waals surface area contributed by atoms with E-state index < -0.39 is 0 Å². The van der Waals surface area contributed by atoms with Crippen LogP contribution in [0.5, 0.6) is 0 Å². The first-order valence-corrected chi connectivity index (χ1v) is 7.78. The third-order valence-electron chi connectivity index (χ3n) is 3.71. The molecule has 2 aromatic rings. The quantitative estimate of drug-likeness (QED) is 0.883. The third kappa shape index (κ3) is 4.68. The Bertz CT molecular complexity index is 676. The molecule has 0 aromatic heterocycles. The minimum atomic E-state index is -0.192. The zero-order valence-corrected chi connectivity index (χ0v) is 13.7. The fourth-order valence-corrected chi connectivity index (χ4v) is 2.02. The van der Waals surface area contributed by atoms with Crippen molar-refractivity contribution in [1.29, 1.82) is 0 Å². The van der Waals surface area contributed by atoms with Gasteiger partial charge in [0.05, 0.1) is 0 Å². The Kier molecular flexibility index (Phi) is 5.52. The molecule has 0 aliphatic rings. The monoisotopic (exact) mass is 310 g/mol. The van der Waals surface area contributed by atoms with Crippen molar-refractivity contribution in [2.24, 2.45) is 0 Å². The van der Waals surface area contributed by atoms with Crippen LogP contribution in [0, 0.1) is 6.92 Å². The van der Waals surface area contributed by atoms with Crippen LogP contribution in [0.4, 0.5) is 5.69 Å². The molecule has 0 heterocycles. The maximum Gasteiger partial charge on any atom is 0.255 e. The van der Waals surface area contributed by atoms with Crippen LogP contribution in [-0.4, -0.2) is 17.9 Å². The topological polar surface area (TPSA) is 58.2 Å². The molecular weight excluding hydrogens is 288 g/mol. The Morgan fingerprint density at radius 2 is 1.43 bits per heavy atom.